The van der Waals surface area contributed by atoms with Crippen molar-refractivity contribution in [3.8, 4) is 5.75 Å². The third-order valence-electron chi connectivity index (χ3n) is 3.65. The molecule has 150 valence electrons. The van der Waals surface area contributed by atoms with Crippen molar-refractivity contribution < 1.29 is 23.1 Å². The molecule has 0 aliphatic heterocycles. The molecule has 0 spiro atoms. The summed E-state index contributed by atoms with van der Waals surface area (Å²) in [4.78, 5) is 26.5. The third kappa shape index (κ3) is 6.07. The van der Waals surface area contributed by atoms with Crippen molar-refractivity contribution >= 4 is 40.7 Å². The van der Waals surface area contributed by atoms with Crippen molar-refractivity contribution in [1.82, 2.24) is 4.90 Å². The lowest BCUT2D eigenvalue weighted by Gasteiger charge is -2.23. The molecule has 0 atom stereocenters. The zero-order chi connectivity index (χ0) is 20.7. The van der Waals surface area contributed by atoms with Gasteiger partial charge in [-0.3, -0.25) is 9.59 Å². The molecule has 0 unspecified atom stereocenters. The number of amides is 2. The molecule has 0 aliphatic carbocycles. The van der Waals surface area contributed by atoms with E-state index in [1.165, 1.54) is 41.3 Å². The predicted octanol–water partition coefficient (Wildman–Crippen LogP) is 5.09. The van der Waals surface area contributed by atoms with Crippen LogP contribution in [0.2, 0.25) is 10.0 Å². The molecule has 2 rings (SSSR count). The Morgan fingerprint density at radius 1 is 1.18 bits per heavy atom. The van der Waals surface area contributed by atoms with E-state index in [1.54, 1.807) is 6.07 Å². The SMILES string of the molecule is CCCN(CC(=O)Nc1cc(Cl)ccc1Cl)C(=O)c1ccccc1OC(F)F. The number of nitrogens with zero attached hydrogens (tertiary/aromatic N) is 1. The van der Waals surface area contributed by atoms with Gasteiger partial charge in [-0.1, -0.05) is 42.3 Å². The molecule has 0 bridgehead atoms. The Morgan fingerprint density at radius 2 is 1.89 bits per heavy atom. The molecule has 9 heteroatoms. The summed E-state index contributed by atoms with van der Waals surface area (Å²) in [6.07, 6.45) is 0.564. The molecular weight excluding hydrogens is 413 g/mol. The van der Waals surface area contributed by atoms with E-state index in [0.29, 0.717) is 22.2 Å². The number of hydrogen-bond acceptors (Lipinski definition) is 3. The molecule has 28 heavy (non-hydrogen) atoms. The standard InChI is InChI=1S/C19H18Cl2F2N2O3/c1-2-9-25(11-17(26)24-15-10-12(20)7-8-14(15)21)18(27)13-5-3-4-6-16(13)28-19(22)23/h3-8,10,19H,2,9,11H2,1H3,(H,24,26). The molecular formula is C19H18Cl2F2N2O3. The molecule has 1 N–H and O–H groups in total. The molecule has 5 nitrogen and oxygen atoms in total. The smallest absolute Gasteiger partial charge is 0.387 e. The first-order chi connectivity index (χ1) is 13.3. The minimum absolute atomic E-state index is 0.0511. The molecule has 2 amide bonds. The molecule has 2 aromatic rings. The average molecular weight is 431 g/mol. The first kappa shape index (κ1) is 21.9. The van der Waals surface area contributed by atoms with Crippen molar-refractivity contribution in [3.63, 3.8) is 0 Å². The molecule has 0 aromatic heterocycles. The highest BCUT2D eigenvalue weighted by Gasteiger charge is 2.23. The molecule has 0 radical (unpaired) electrons. The maximum Gasteiger partial charge on any atom is 0.387 e. The Kier molecular flexibility index (Phi) is 8.02. The molecule has 0 heterocycles. The van der Waals surface area contributed by atoms with Gasteiger partial charge in [0.05, 0.1) is 16.3 Å². The Balaban J connectivity index is 2.17. The topological polar surface area (TPSA) is 58.6 Å². The number of para-hydroxylation sites is 1. The summed E-state index contributed by atoms with van der Waals surface area (Å²) < 4.78 is 29.6. The van der Waals surface area contributed by atoms with Gasteiger partial charge in [0.2, 0.25) is 5.91 Å². The maximum absolute atomic E-state index is 12.8. The van der Waals surface area contributed by atoms with Crippen LogP contribution in [0.25, 0.3) is 0 Å². The van der Waals surface area contributed by atoms with E-state index < -0.39 is 18.4 Å². The number of benzene rings is 2. The monoisotopic (exact) mass is 430 g/mol. The number of carbonyl (C=O) groups is 2. The van der Waals surface area contributed by atoms with Gasteiger partial charge in [0.1, 0.15) is 12.3 Å². The summed E-state index contributed by atoms with van der Waals surface area (Å²) in [6.45, 7) is -1.29. The largest absolute Gasteiger partial charge is 0.434 e. The Labute approximate surface area is 171 Å². The van der Waals surface area contributed by atoms with Crippen molar-refractivity contribution in [3.05, 3.63) is 58.1 Å². The van der Waals surface area contributed by atoms with Crippen LogP contribution in [0.5, 0.6) is 5.75 Å². The number of hydrogen-bond donors (Lipinski definition) is 1. The van der Waals surface area contributed by atoms with Gasteiger partial charge in [0, 0.05) is 11.6 Å². The summed E-state index contributed by atoms with van der Waals surface area (Å²) in [6, 6.07) is 10.2. The second-order valence-electron chi connectivity index (χ2n) is 5.77. The first-order valence-corrected chi connectivity index (χ1v) is 9.15. The molecule has 0 saturated heterocycles. The number of carbonyl (C=O) groups excluding carboxylic acids is 2. The van der Waals surface area contributed by atoms with Gasteiger partial charge in [-0.15, -0.1) is 0 Å². The van der Waals surface area contributed by atoms with E-state index in [9.17, 15) is 18.4 Å². The quantitative estimate of drug-likeness (QED) is 0.634. The van der Waals surface area contributed by atoms with E-state index in [2.05, 4.69) is 10.1 Å². The van der Waals surface area contributed by atoms with Crippen LogP contribution in [-0.2, 0) is 4.79 Å². The summed E-state index contributed by atoms with van der Waals surface area (Å²) in [5.41, 5.74) is 0.259. The lowest BCUT2D eigenvalue weighted by atomic mass is 10.1. The predicted molar refractivity (Wildman–Crippen MR) is 104 cm³/mol. The Morgan fingerprint density at radius 3 is 2.57 bits per heavy atom. The van der Waals surface area contributed by atoms with Crippen LogP contribution in [-0.4, -0.2) is 36.4 Å². The van der Waals surface area contributed by atoms with Gasteiger partial charge in [0.15, 0.2) is 0 Å². The van der Waals surface area contributed by atoms with Crippen molar-refractivity contribution in [2.24, 2.45) is 0 Å². The van der Waals surface area contributed by atoms with Crippen LogP contribution in [0.3, 0.4) is 0 Å². The Bertz CT molecular complexity index is 850. The lowest BCUT2D eigenvalue weighted by molar-refractivity contribution is -0.116. The fraction of sp³-hybridized carbons (Fsp3) is 0.263. The fourth-order valence-corrected chi connectivity index (χ4v) is 2.83. The van der Waals surface area contributed by atoms with E-state index in [0.717, 1.165) is 0 Å². The van der Waals surface area contributed by atoms with Gasteiger partial charge in [-0.2, -0.15) is 8.78 Å². The van der Waals surface area contributed by atoms with Crippen LogP contribution >= 0.6 is 23.2 Å². The maximum atomic E-state index is 12.8. The molecule has 0 aliphatic rings. The van der Waals surface area contributed by atoms with E-state index in [-0.39, 0.29) is 24.4 Å². The molecule has 0 saturated carbocycles. The highest BCUT2D eigenvalue weighted by atomic mass is 35.5. The number of alkyl halides is 2. The number of rotatable bonds is 8. The summed E-state index contributed by atoms with van der Waals surface area (Å²) in [7, 11) is 0. The summed E-state index contributed by atoms with van der Waals surface area (Å²) >= 11 is 11.9. The minimum atomic E-state index is -3.07. The highest BCUT2D eigenvalue weighted by molar-refractivity contribution is 6.35. The number of halogens is 4. The summed E-state index contributed by atoms with van der Waals surface area (Å²) in [5.74, 6) is -1.34. The van der Waals surface area contributed by atoms with Crippen LogP contribution in [0, 0.1) is 0 Å². The average Bonchev–Trinajstić information content (AvgIpc) is 2.64. The number of anilines is 1. The van der Waals surface area contributed by atoms with Gasteiger partial charge < -0.3 is 15.0 Å². The zero-order valence-electron chi connectivity index (χ0n) is 14.9. The van der Waals surface area contributed by atoms with Gasteiger partial charge in [-0.05, 0) is 36.8 Å². The zero-order valence-corrected chi connectivity index (χ0v) is 16.4. The first-order valence-electron chi connectivity index (χ1n) is 8.39. The van der Waals surface area contributed by atoms with Crippen molar-refractivity contribution in [1.29, 1.82) is 0 Å². The van der Waals surface area contributed by atoms with Gasteiger partial charge in [-0.25, -0.2) is 0 Å². The third-order valence-corrected chi connectivity index (χ3v) is 4.22. The second kappa shape index (κ2) is 10.2. The van der Waals surface area contributed by atoms with Crippen LogP contribution in [0.1, 0.15) is 23.7 Å². The van der Waals surface area contributed by atoms with Crippen molar-refractivity contribution in [2.45, 2.75) is 20.0 Å². The Hall–Kier alpha value is -2.38. The summed E-state index contributed by atoms with van der Waals surface area (Å²) in [5, 5.41) is 3.27. The number of nitrogens with one attached hydrogen (secondary N) is 1. The van der Waals surface area contributed by atoms with Gasteiger partial charge in [0.25, 0.3) is 5.91 Å². The highest BCUT2D eigenvalue weighted by Crippen LogP contribution is 2.26. The van der Waals surface area contributed by atoms with E-state index >= 15 is 0 Å². The lowest BCUT2D eigenvalue weighted by Crippen LogP contribution is -2.38. The van der Waals surface area contributed by atoms with Crippen LogP contribution in [0.4, 0.5) is 14.5 Å². The molecule has 0 fully saturated rings. The normalized spacial score (nSPS) is 10.6. The second-order valence-corrected chi connectivity index (χ2v) is 6.62. The van der Waals surface area contributed by atoms with Crippen LogP contribution < -0.4 is 10.1 Å². The number of ether oxygens (including phenoxy) is 1. The van der Waals surface area contributed by atoms with E-state index in [4.69, 9.17) is 23.2 Å². The van der Waals surface area contributed by atoms with Gasteiger partial charge >= 0.3 is 6.61 Å². The fourth-order valence-electron chi connectivity index (χ4n) is 2.49. The minimum Gasteiger partial charge on any atom is -0.434 e. The van der Waals surface area contributed by atoms with E-state index in [1.807, 2.05) is 6.92 Å². The molecule has 2 aromatic carbocycles. The van der Waals surface area contributed by atoms with Crippen molar-refractivity contribution in [2.75, 3.05) is 18.4 Å². The van der Waals surface area contributed by atoms with Crippen LogP contribution in [0.15, 0.2) is 42.5 Å².